The van der Waals surface area contributed by atoms with Gasteiger partial charge in [0.15, 0.2) is 0 Å². The Kier molecular flexibility index (Phi) is 7.46. The molecule has 1 heterocycles. The van der Waals surface area contributed by atoms with Crippen LogP contribution in [0.3, 0.4) is 0 Å². The molecular weight excluding hydrogens is 290 g/mol. The summed E-state index contributed by atoms with van der Waals surface area (Å²) < 4.78 is 0. The minimum atomic E-state index is -0.210. The van der Waals surface area contributed by atoms with E-state index in [1.54, 1.807) is 0 Å². The summed E-state index contributed by atoms with van der Waals surface area (Å²) in [6.45, 7) is 4.94. The quantitative estimate of drug-likeness (QED) is 0.690. The van der Waals surface area contributed by atoms with Gasteiger partial charge < -0.3 is 16.0 Å². The van der Waals surface area contributed by atoms with Gasteiger partial charge in [0.25, 0.3) is 0 Å². The van der Waals surface area contributed by atoms with E-state index in [2.05, 4.69) is 16.0 Å². The normalized spacial score (nSPS) is 27.4. The molecule has 1 saturated carbocycles. The molecule has 21 heavy (non-hydrogen) atoms. The lowest BCUT2D eigenvalue weighted by Crippen LogP contribution is -2.48. The molecule has 2 atom stereocenters. The number of carbonyl (C=O) groups excluding carboxylic acids is 2. The minimum absolute atomic E-state index is 0. The number of rotatable bonds is 6. The first kappa shape index (κ1) is 18.2. The van der Waals surface area contributed by atoms with Crippen molar-refractivity contribution >= 4 is 24.2 Å². The third-order valence-electron chi connectivity index (χ3n) is 4.70. The van der Waals surface area contributed by atoms with Gasteiger partial charge in [0.2, 0.25) is 11.8 Å². The van der Waals surface area contributed by atoms with Crippen LogP contribution in [0.1, 0.15) is 45.4 Å². The fourth-order valence-electron chi connectivity index (χ4n) is 3.51. The number of nitrogens with one attached hydrogen (secondary N) is 3. The van der Waals surface area contributed by atoms with E-state index >= 15 is 0 Å². The molecule has 1 aliphatic heterocycles. The van der Waals surface area contributed by atoms with Gasteiger partial charge in [0, 0.05) is 26.1 Å². The summed E-state index contributed by atoms with van der Waals surface area (Å²) in [6, 6.07) is 0. The topological polar surface area (TPSA) is 70.2 Å². The molecule has 0 spiro atoms. The van der Waals surface area contributed by atoms with Crippen LogP contribution < -0.4 is 16.0 Å². The molecule has 0 aromatic carbocycles. The average molecular weight is 318 g/mol. The van der Waals surface area contributed by atoms with E-state index in [9.17, 15) is 9.59 Å². The standard InChI is InChI=1S/C15H27N3O2.ClH/c1-2-8-17-13(19)6-9-18-14(20)15-7-4-3-5-12(15)10-16-11-15;/h12,16H,2-11H2,1H3,(H,17,19)(H,18,20);1H/t12-,15+;/m0./s1. The first-order valence-electron chi connectivity index (χ1n) is 7.95. The Balaban J connectivity index is 0.00000220. The summed E-state index contributed by atoms with van der Waals surface area (Å²) in [5.41, 5.74) is -0.210. The lowest BCUT2D eigenvalue weighted by Gasteiger charge is -2.37. The van der Waals surface area contributed by atoms with Crippen LogP contribution in [0.4, 0.5) is 0 Å². The minimum Gasteiger partial charge on any atom is -0.356 e. The average Bonchev–Trinajstić information content (AvgIpc) is 2.90. The Morgan fingerprint density at radius 3 is 2.81 bits per heavy atom. The molecule has 0 unspecified atom stereocenters. The number of hydrogen-bond acceptors (Lipinski definition) is 3. The van der Waals surface area contributed by atoms with E-state index in [1.807, 2.05) is 6.92 Å². The largest absolute Gasteiger partial charge is 0.356 e. The number of halogens is 1. The van der Waals surface area contributed by atoms with Crippen molar-refractivity contribution in [3.05, 3.63) is 0 Å². The maximum atomic E-state index is 12.5. The van der Waals surface area contributed by atoms with Crippen molar-refractivity contribution in [1.82, 2.24) is 16.0 Å². The maximum absolute atomic E-state index is 12.5. The molecule has 3 N–H and O–H groups in total. The number of hydrogen-bond donors (Lipinski definition) is 3. The van der Waals surface area contributed by atoms with Gasteiger partial charge in [-0.05, 0) is 31.7 Å². The van der Waals surface area contributed by atoms with Crippen LogP contribution >= 0.6 is 12.4 Å². The lowest BCUT2D eigenvalue weighted by molar-refractivity contribution is -0.134. The Hall–Kier alpha value is -0.810. The third-order valence-corrected chi connectivity index (χ3v) is 4.70. The smallest absolute Gasteiger partial charge is 0.227 e. The summed E-state index contributed by atoms with van der Waals surface area (Å²) in [5, 5.41) is 9.18. The van der Waals surface area contributed by atoms with Crippen molar-refractivity contribution in [2.24, 2.45) is 11.3 Å². The van der Waals surface area contributed by atoms with Gasteiger partial charge in [-0.2, -0.15) is 0 Å². The highest BCUT2D eigenvalue weighted by molar-refractivity contribution is 5.85. The summed E-state index contributed by atoms with van der Waals surface area (Å²) in [7, 11) is 0. The molecule has 2 aliphatic rings. The van der Waals surface area contributed by atoms with Gasteiger partial charge in [0.1, 0.15) is 0 Å². The van der Waals surface area contributed by atoms with Crippen LogP contribution in [0.2, 0.25) is 0 Å². The van der Waals surface area contributed by atoms with E-state index in [4.69, 9.17) is 0 Å². The second kappa shape index (κ2) is 8.59. The lowest BCUT2D eigenvalue weighted by atomic mass is 9.67. The molecule has 5 nitrogen and oxygen atoms in total. The highest BCUT2D eigenvalue weighted by Gasteiger charge is 2.49. The summed E-state index contributed by atoms with van der Waals surface area (Å²) >= 11 is 0. The van der Waals surface area contributed by atoms with Gasteiger partial charge in [-0.1, -0.05) is 19.8 Å². The van der Waals surface area contributed by atoms with Gasteiger partial charge in [-0.25, -0.2) is 0 Å². The second-order valence-corrected chi connectivity index (χ2v) is 6.09. The van der Waals surface area contributed by atoms with E-state index in [1.165, 1.54) is 6.42 Å². The van der Waals surface area contributed by atoms with Crippen LogP contribution in [-0.4, -0.2) is 38.0 Å². The van der Waals surface area contributed by atoms with Gasteiger partial charge in [-0.3, -0.25) is 9.59 Å². The number of fused-ring (bicyclic) bond motifs is 1. The van der Waals surface area contributed by atoms with Crippen molar-refractivity contribution < 1.29 is 9.59 Å². The zero-order valence-electron chi connectivity index (χ0n) is 12.9. The molecule has 2 rings (SSSR count). The van der Waals surface area contributed by atoms with Crippen LogP contribution in [-0.2, 0) is 9.59 Å². The fraction of sp³-hybridized carbons (Fsp3) is 0.867. The van der Waals surface area contributed by atoms with Gasteiger partial charge in [-0.15, -0.1) is 12.4 Å². The van der Waals surface area contributed by atoms with Crippen molar-refractivity contribution in [1.29, 1.82) is 0 Å². The molecule has 2 amide bonds. The highest BCUT2D eigenvalue weighted by atomic mass is 35.5. The Morgan fingerprint density at radius 2 is 2.05 bits per heavy atom. The molecule has 6 heteroatoms. The zero-order valence-corrected chi connectivity index (χ0v) is 13.7. The highest BCUT2D eigenvalue weighted by Crippen LogP contribution is 2.43. The Labute approximate surface area is 133 Å². The molecule has 0 aromatic rings. The monoisotopic (exact) mass is 317 g/mol. The van der Waals surface area contributed by atoms with Crippen LogP contribution in [0, 0.1) is 11.3 Å². The van der Waals surface area contributed by atoms with Crippen molar-refractivity contribution in [2.45, 2.75) is 45.4 Å². The number of carbonyl (C=O) groups is 2. The molecule has 0 aromatic heterocycles. The maximum Gasteiger partial charge on any atom is 0.227 e. The third kappa shape index (κ3) is 4.33. The van der Waals surface area contributed by atoms with E-state index in [-0.39, 0.29) is 29.6 Å². The molecule has 0 bridgehead atoms. The Morgan fingerprint density at radius 1 is 1.24 bits per heavy atom. The van der Waals surface area contributed by atoms with Crippen LogP contribution in [0.5, 0.6) is 0 Å². The SMILES string of the molecule is CCCNC(=O)CCNC(=O)[C@@]12CCCC[C@H]1CNC2.Cl. The zero-order chi connectivity index (χ0) is 14.4. The molecule has 122 valence electrons. The van der Waals surface area contributed by atoms with Crippen molar-refractivity contribution in [2.75, 3.05) is 26.2 Å². The molecule has 2 fully saturated rings. The van der Waals surface area contributed by atoms with Crippen LogP contribution in [0.25, 0.3) is 0 Å². The van der Waals surface area contributed by atoms with Crippen molar-refractivity contribution in [3.8, 4) is 0 Å². The fourth-order valence-corrected chi connectivity index (χ4v) is 3.51. The first-order chi connectivity index (χ1) is 9.69. The number of amides is 2. The van der Waals surface area contributed by atoms with Crippen molar-refractivity contribution in [3.63, 3.8) is 0 Å². The Bertz CT molecular complexity index is 365. The van der Waals surface area contributed by atoms with Gasteiger partial charge in [0.05, 0.1) is 5.41 Å². The van der Waals surface area contributed by atoms with Crippen LogP contribution in [0.15, 0.2) is 0 Å². The predicted octanol–water partition coefficient (Wildman–Crippen LogP) is 1.22. The summed E-state index contributed by atoms with van der Waals surface area (Å²) in [5.74, 6) is 0.648. The predicted molar refractivity (Wildman–Crippen MR) is 85.4 cm³/mol. The molecular formula is C15H28ClN3O2. The van der Waals surface area contributed by atoms with E-state index < -0.39 is 0 Å². The second-order valence-electron chi connectivity index (χ2n) is 6.09. The van der Waals surface area contributed by atoms with E-state index in [0.717, 1.165) is 38.8 Å². The molecule has 1 saturated heterocycles. The summed E-state index contributed by atoms with van der Waals surface area (Å²) in [4.78, 5) is 24.0. The molecule has 0 radical (unpaired) electrons. The van der Waals surface area contributed by atoms with E-state index in [0.29, 0.717) is 25.4 Å². The summed E-state index contributed by atoms with van der Waals surface area (Å²) in [6.07, 6.45) is 5.83. The molecule has 1 aliphatic carbocycles. The van der Waals surface area contributed by atoms with Gasteiger partial charge >= 0.3 is 0 Å². The first-order valence-corrected chi connectivity index (χ1v) is 7.95.